The molecular weight excluding hydrogens is 349 g/mol. The van der Waals surface area contributed by atoms with Crippen molar-refractivity contribution in [2.24, 2.45) is 0 Å². The fourth-order valence-electron chi connectivity index (χ4n) is 2.32. The van der Waals surface area contributed by atoms with Gasteiger partial charge in [0.05, 0.1) is 0 Å². The lowest BCUT2D eigenvalue weighted by molar-refractivity contribution is 0.282. The Balaban J connectivity index is 0.00000180. The van der Waals surface area contributed by atoms with Crippen LogP contribution in [0.5, 0.6) is 0 Å². The van der Waals surface area contributed by atoms with Gasteiger partial charge in [0.15, 0.2) is 0 Å². The zero-order valence-corrected chi connectivity index (χ0v) is 13.5. The molecule has 2 nitrogen and oxygen atoms in total. The Kier molecular flexibility index (Phi) is 7.98. The van der Waals surface area contributed by atoms with Crippen LogP contribution >= 0.6 is 24.0 Å². The first kappa shape index (κ1) is 16.4. The Morgan fingerprint density at radius 1 is 0.895 bits per heavy atom. The Labute approximate surface area is 132 Å². The van der Waals surface area contributed by atoms with E-state index in [0.717, 1.165) is 19.3 Å². The number of rotatable bonds is 7. The summed E-state index contributed by atoms with van der Waals surface area (Å²) in [4.78, 5) is 4.50. The third-order valence-corrected chi connectivity index (χ3v) is 3.33. The highest BCUT2D eigenvalue weighted by Crippen LogP contribution is 2.18. The van der Waals surface area contributed by atoms with Crippen LogP contribution in [0.15, 0.2) is 36.5 Å². The van der Waals surface area contributed by atoms with Crippen LogP contribution in [0.1, 0.15) is 37.8 Å². The normalized spacial score (nSPS) is 10.4. The number of pyridine rings is 1. The Bertz CT molecular complexity index is 482. The van der Waals surface area contributed by atoms with E-state index in [1.807, 2.05) is 6.20 Å². The van der Waals surface area contributed by atoms with Gasteiger partial charge in [0.1, 0.15) is 0 Å². The molecule has 0 aliphatic heterocycles. The summed E-state index contributed by atoms with van der Waals surface area (Å²) in [5.41, 5.74) is 1.22. The second-order valence-electron chi connectivity index (χ2n) is 4.72. The van der Waals surface area contributed by atoms with Gasteiger partial charge in [0.2, 0.25) is 0 Å². The molecule has 0 amide bonds. The monoisotopic (exact) mass is 371 g/mol. The van der Waals surface area contributed by atoms with Gasteiger partial charge in [-0.1, -0.05) is 43.5 Å². The molecule has 0 atom stereocenters. The van der Waals surface area contributed by atoms with Crippen LogP contribution in [0.3, 0.4) is 0 Å². The molecule has 0 bridgehead atoms. The van der Waals surface area contributed by atoms with E-state index < -0.39 is 0 Å². The van der Waals surface area contributed by atoms with Crippen LogP contribution in [-0.2, 0) is 6.42 Å². The van der Waals surface area contributed by atoms with Gasteiger partial charge in [-0.05, 0) is 30.7 Å². The van der Waals surface area contributed by atoms with Crippen molar-refractivity contribution in [3.8, 4) is 0 Å². The van der Waals surface area contributed by atoms with Gasteiger partial charge in [-0.15, -0.1) is 24.0 Å². The molecule has 0 saturated heterocycles. The van der Waals surface area contributed by atoms with Crippen LogP contribution in [-0.4, -0.2) is 16.7 Å². The average Bonchev–Trinajstić information content (AvgIpc) is 2.43. The highest BCUT2D eigenvalue weighted by molar-refractivity contribution is 14.0. The van der Waals surface area contributed by atoms with E-state index in [0.29, 0.717) is 6.61 Å². The first-order valence-electron chi connectivity index (χ1n) is 6.85. The van der Waals surface area contributed by atoms with Crippen LogP contribution in [0.4, 0.5) is 0 Å². The first-order valence-corrected chi connectivity index (χ1v) is 6.85. The van der Waals surface area contributed by atoms with E-state index in [4.69, 9.17) is 5.11 Å². The maximum Gasteiger partial charge on any atom is 0.0481 e. The second-order valence-corrected chi connectivity index (χ2v) is 4.72. The smallest absolute Gasteiger partial charge is 0.0481 e. The summed E-state index contributed by atoms with van der Waals surface area (Å²) < 4.78 is 0. The number of aromatic nitrogens is 1. The van der Waals surface area contributed by atoms with E-state index in [1.165, 1.54) is 35.7 Å². The predicted octanol–water partition coefficient (Wildman–Crippen LogP) is 4.34. The number of aryl methyl sites for hydroxylation is 1. The zero-order chi connectivity index (χ0) is 12.6. The highest BCUT2D eigenvalue weighted by Gasteiger charge is 2.01. The van der Waals surface area contributed by atoms with Gasteiger partial charge in [-0.3, -0.25) is 4.98 Å². The summed E-state index contributed by atoms with van der Waals surface area (Å²) in [6, 6.07) is 10.5. The molecule has 3 heteroatoms. The number of unbranched alkanes of at least 4 members (excludes halogenated alkanes) is 4. The lowest BCUT2D eigenvalue weighted by Crippen LogP contribution is -1.92. The second kappa shape index (κ2) is 9.26. The van der Waals surface area contributed by atoms with E-state index in [-0.39, 0.29) is 24.0 Å². The van der Waals surface area contributed by atoms with Crippen molar-refractivity contribution in [3.63, 3.8) is 0 Å². The van der Waals surface area contributed by atoms with Gasteiger partial charge in [-0.2, -0.15) is 0 Å². The summed E-state index contributed by atoms with van der Waals surface area (Å²) in [5.74, 6) is 0. The maximum absolute atomic E-state index is 8.71. The third kappa shape index (κ3) is 5.07. The van der Waals surface area contributed by atoms with Crippen LogP contribution in [0.25, 0.3) is 10.8 Å². The lowest BCUT2D eigenvalue weighted by atomic mass is 10.0. The standard InChI is InChI=1S/C16H21NO.HI/c18-13-7-3-1-2-4-10-16-15-9-6-5-8-14(15)11-12-17-16;/h5-6,8-9,11-12,18H,1-4,7,10,13H2;1H. The number of fused-ring (bicyclic) bond motifs is 1. The molecule has 104 valence electrons. The van der Waals surface area contributed by atoms with Crippen molar-refractivity contribution < 1.29 is 5.11 Å². The summed E-state index contributed by atoms with van der Waals surface area (Å²) in [6.45, 7) is 0.324. The van der Waals surface area contributed by atoms with E-state index >= 15 is 0 Å². The predicted molar refractivity (Wildman–Crippen MR) is 91.0 cm³/mol. The van der Waals surface area contributed by atoms with Crippen molar-refractivity contribution >= 4 is 34.7 Å². The molecule has 0 unspecified atom stereocenters. The highest BCUT2D eigenvalue weighted by atomic mass is 127. The molecule has 19 heavy (non-hydrogen) atoms. The number of halogens is 1. The summed E-state index contributed by atoms with van der Waals surface area (Å²) in [5, 5.41) is 11.3. The molecule has 2 aromatic rings. The molecule has 0 spiro atoms. The molecule has 0 aliphatic carbocycles. The quantitative estimate of drug-likeness (QED) is 0.580. The summed E-state index contributed by atoms with van der Waals surface area (Å²) >= 11 is 0. The average molecular weight is 371 g/mol. The topological polar surface area (TPSA) is 33.1 Å². The van der Waals surface area contributed by atoms with Crippen molar-refractivity contribution in [2.75, 3.05) is 6.61 Å². The van der Waals surface area contributed by atoms with E-state index in [9.17, 15) is 0 Å². The zero-order valence-electron chi connectivity index (χ0n) is 11.2. The van der Waals surface area contributed by atoms with Crippen LogP contribution in [0, 0.1) is 0 Å². The van der Waals surface area contributed by atoms with Crippen molar-refractivity contribution in [2.45, 2.75) is 38.5 Å². The van der Waals surface area contributed by atoms with Gasteiger partial charge in [0.25, 0.3) is 0 Å². The maximum atomic E-state index is 8.71. The number of hydrogen-bond acceptors (Lipinski definition) is 2. The fourth-order valence-corrected chi connectivity index (χ4v) is 2.32. The fraction of sp³-hybridized carbons (Fsp3) is 0.438. The number of aliphatic hydroxyl groups is 1. The number of nitrogens with zero attached hydrogens (tertiary/aromatic N) is 1. The van der Waals surface area contributed by atoms with E-state index in [2.05, 4.69) is 35.3 Å². The van der Waals surface area contributed by atoms with Gasteiger partial charge < -0.3 is 5.11 Å². The van der Waals surface area contributed by atoms with Crippen molar-refractivity contribution in [3.05, 3.63) is 42.2 Å². The number of hydrogen-bond donors (Lipinski definition) is 1. The molecular formula is C16H22INO. The minimum Gasteiger partial charge on any atom is -0.396 e. The Morgan fingerprint density at radius 2 is 1.63 bits per heavy atom. The Hall–Kier alpha value is -0.680. The summed E-state index contributed by atoms with van der Waals surface area (Å²) in [7, 11) is 0. The molecule has 0 radical (unpaired) electrons. The largest absolute Gasteiger partial charge is 0.396 e. The molecule has 1 aromatic carbocycles. The Morgan fingerprint density at radius 3 is 2.47 bits per heavy atom. The molecule has 0 saturated carbocycles. The van der Waals surface area contributed by atoms with Crippen molar-refractivity contribution in [1.29, 1.82) is 0 Å². The van der Waals surface area contributed by atoms with Crippen LogP contribution in [0.2, 0.25) is 0 Å². The lowest BCUT2D eigenvalue weighted by Gasteiger charge is -2.05. The number of aliphatic hydroxyl groups excluding tert-OH is 1. The van der Waals surface area contributed by atoms with Gasteiger partial charge in [0, 0.05) is 23.9 Å². The summed E-state index contributed by atoms with van der Waals surface area (Å²) in [6.07, 6.45) is 8.67. The molecule has 1 aromatic heterocycles. The van der Waals surface area contributed by atoms with Gasteiger partial charge >= 0.3 is 0 Å². The molecule has 2 rings (SSSR count). The minimum atomic E-state index is 0. The molecule has 1 N–H and O–H groups in total. The van der Waals surface area contributed by atoms with Crippen molar-refractivity contribution in [1.82, 2.24) is 4.98 Å². The SMILES string of the molecule is I.OCCCCCCCc1nccc2ccccc12. The molecule has 0 aliphatic rings. The van der Waals surface area contributed by atoms with E-state index in [1.54, 1.807) is 0 Å². The minimum absolute atomic E-state index is 0. The van der Waals surface area contributed by atoms with Crippen LogP contribution < -0.4 is 0 Å². The number of benzene rings is 1. The first-order chi connectivity index (χ1) is 8.92. The molecule has 1 heterocycles. The molecule has 0 fully saturated rings. The third-order valence-electron chi connectivity index (χ3n) is 3.33. The van der Waals surface area contributed by atoms with Gasteiger partial charge in [-0.25, -0.2) is 0 Å².